The van der Waals surface area contributed by atoms with Crippen LogP contribution >= 0.6 is 0 Å². The van der Waals surface area contributed by atoms with Crippen LogP contribution in [0.2, 0.25) is 0 Å². The van der Waals surface area contributed by atoms with Gasteiger partial charge in [0.1, 0.15) is 11.5 Å². The van der Waals surface area contributed by atoms with Crippen LogP contribution in [0, 0.1) is 17.0 Å². The number of hydrogen-bond donors (Lipinski definition) is 0. The lowest BCUT2D eigenvalue weighted by atomic mass is 10.0. The van der Waals surface area contributed by atoms with Crippen molar-refractivity contribution in [2.24, 2.45) is 0 Å². The van der Waals surface area contributed by atoms with Gasteiger partial charge in [-0.15, -0.1) is 0 Å². The van der Waals surface area contributed by atoms with E-state index in [0.29, 0.717) is 12.2 Å². The van der Waals surface area contributed by atoms with E-state index in [0.717, 1.165) is 16.9 Å². The lowest BCUT2D eigenvalue weighted by Gasteiger charge is -2.13. The second kappa shape index (κ2) is 5.52. The summed E-state index contributed by atoms with van der Waals surface area (Å²) in [5.41, 5.74) is 1.74. The minimum absolute atomic E-state index is 0.300. The average molecular weight is 239 g/mol. The van der Waals surface area contributed by atoms with Crippen molar-refractivity contribution in [3.8, 4) is 11.5 Å². The molecule has 1 unspecified atom stereocenters. The van der Waals surface area contributed by atoms with Gasteiger partial charge in [0.05, 0.1) is 14.2 Å². The van der Waals surface area contributed by atoms with Gasteiger partial charge in [0.2, 0.25) is 6.04 Å². The molecule has 17 heavy (non-hydrogen) atoms. The van der Waals surface area contributed by atoms with Gasteiger partial charge in [-0.05, 0) is 24.6 Å². The Labute approximate surface area is 101 Å². The number of nitro groups is 1. The van der Waals surface area contributed by atoms with Crippen LogP contribution in [-0.2, 0) is 6.42 Å². The lowest BCUT2D eigenvalue weighted by Crippen LogP contribution is -2.18. The molecule has 0 bridgehead atoms. The Kier molecular flexibility index (Phi) is 4.31. The Morgan fingerprint density at radius 3 is 2.35 bits per heavy atom. The van der Waals surface area contributed by atoms with Crippen LogP contribution in [-0.4, -0.2) is 25.2 Å². The summed E-state index contributed by atoms with van der Waals surface area (Å²) in [5.74, 6) is 1.38. The highest BCUT2D eigenvalue weighted by atomic mass is 16.6. The van der Waals surface area contributed by atoms with Crippen molar-refractivity contribution in [3.63, 3.8) is 0 Å². The van der Waals surface area contributed by atoms with E-state index in [1.54, 1.807) is 27.2 Å². The quantitative estimate of drug-likeness (QED) is 0.584. The summed E-state index contributed by atoms with van der Waals surface area (Å²) in [4.78, 5) is 10.4. The van der Waals surface area contributed by atoms with E-state index < -0.39 is 6.04 Å². The third kappa shape index (κ3) is 3.09. The predicted octanol–water partition coefficient (Wildman–Crippen LogP) is 2.22. The fraction of sp³-hybridized carbons (Fsp3) is 0.500. The molecule has 0 radical (unpaired) electrons. The molecule has 0 heterocycles. The number of ether oxygens (including phenoxy) is 2. The van der Waals surface area contributed by atoms with Crippen molar-refractivity contribution in [1.82, 2.24) is 0 Å². The van der Waals surface area contributed by atoms with Crippen molar-refractivity contribution < 1.29 is 14.4 Å². The molecule has 94 valence electrons. The molecule has 0 saturated heterocycles. The molecule has 1 rings (SSSR count). The van der Waals surface area contributed by atoms with Gasteiger partial charge >= 0.3 is 0 Å². The molecular formula is C12H17NO4. The van der Waals surface area contributed by atoms with Gasteiger partial charge in [-0.3, -0.25) is 10.1 Å². The second-order valence-corrected chi connectivity index (χ2v) is 3.97. The summed E-state index contributed by atoms with van der Waals surface area (Å²) in [6.07, 6.45) is 0.326. The van der Waals surface area contributed by atoms with Crippen molar-refractivity contribution >= 4 is 0 Å². The number of methoxy groups -OCH3 is 2. The first-order valence-electron chi connectivity index (χ1n) is 5.34. The van der Waals surface area contributed by atoms with E-state index in [-0.39, 0.29) is 4.92 Å². The van der Waals surface area contributed by atoms with E-state index in [1.807, 2.05) is 13.0 Å². The largest absolute Gasteiger partial charge is 0.496 e. The van der Waals surface area contributed by atoms with Crippen LogP contribution in [0.15, 0.2) is 12.1 Å². The summed E-state index contributed by atoms with van der Waals surface area (Å²) >= 11 is 0. The zero-order chi connectivity index (χ0) is 13.0. The Bertz CT molecular complexity index is 417. The highest BCUT2D eigenvalue weighted by Crippen LogP contribution is 2.29. The molecule has 0 aromatic heterocycles. The third-order valence-corrected chi connectivity index (χ3v) is 2.67. The Balaban J connectivity index is 3.08. The summed E-state index contributed by atoms with van der Waals surface area (Å²) in [6, 6.07) is 2.99. The van der Waals surface area contributed by atoms with E-state index >= 15 is 0 Å². The molecule has 5 nitrogen and oxygen atoms in total. The Morgan fingerprint density at radius 1 is 1.29 bits per heavy atom. The fourth-order valence-electron chi connectivity index (χ4n) is 1.67. The topological polar surface area (TPSA) is 61.6 Å². The van der Waals surface area contributed by atoms with Crippen LogP contribution in [0.25, 0.3) is 0 Å². The molecule has 1 atom stereocenters. The molecule has 0 aliphatic rings. The number of hydrogen-bond acceptors (Lipinski definition) is 4. The number of rotatable bonds is 5. The normalized spacial score (nSPS) is 12.0. The molecule has 1 aromatic rings. The van der Waals surface area contributed by atoms with Crippen LogP contribution < -0.4 is 9.47 Å². The van der Waals surface area contributed by atoms with Gasteiger partial charge in [-0.25, -0.2) is 0 Å². The van der Waals surface area contributed by atoms with Crippen molar-refractivity contribution in [2.75, 3.05) is 14.2 Å². The molecule has 0 spiro atoms. The zero-order valence-corrected chi connectivity index (χ0v) is 10.5. The summed E-state index contributed by atoms with van der Waals surface area (Å²) < 4.78 is 10.4. The summed E-state index contributed by atoms with van der Waals surface area (Å²) in [6.45, 7) is 3.48. The zero-order valence-electron chi connectivity index (χ0n) is 10.5. The van der Waals surface area contributed by atoms with E-state index in [2.05, 4.69) is 0 Å². The van der Waals surface area contributed by atoms with Gasteiger partial charge in [0.15, 0.2) is 0 Å². The maximum absolute atomic E-state index is 10.7. The first-order valence-corrected chi connectivity index (χ1v) is 5.34. The monoisotopic (exact) mass is 239 g/mol. The Morgan fingerprint density at radius 2 is 1.88 bits per heavy atom. The van der Waals surface area contributed by atoms with Gasteiger partial charge in [0.25, 0.3) is 0 Å². The molecule has 0 fully saturated rings. The summed E-state index contributed by atoms with van der Waals surface area (Å²) in [5, 5.41) is 10.7. The van der Waals surface area contributed by atoms with Crippen molar-refractivity contribution in [2.45, 2.75) is 26.3 Å². The highest BCUT2D eigenvalue weighted by molar-refractivity contribution is 5.46. The van der Waals surface area contributed by atoms with E-state index in [4.69, 9.17) is 9.47 Å². The van der Waals surface area contributed by atoms with Gasteiger partial charge in [-0.2, -0.15) is 0 Å². The van der Waals surface area contributed by atoms with Crippen LogP contribution in [0.5, 0.6) is 11.5 Å². The first-order chi connectivity index (χ1) is 7.99. The molecule has 5 heteroatoms. The van der Waals surface area contributed by atoms with Gasteiger partial charge in [-0.1, -0.05) is 0 Å². The fourth-order valence-corrected chi connectivity index (χ4v) is 1.67. The molecule has 0 aliphatic heterocycles. The maximum atomic E-state index is 10.7. The van der Waals surface area contributed by atoms with E-state index in [1.165, 1.54) is 0 Å². The molecule has 0 saturated carbocycles. The molecule has 1 aromatic carbocycles. The molecule has 0 aliphatic carbocycles. The Hall–Kier alpha value is -1.78. The number of aryl methyl sites for hydroxylation is 1. The SMILES string of the molecule is COc1cc(CC(C)[N+](=O)[O-])c(OC)cc1C. The molecule has 0 N–H and O–H groups in total. The number of nitrogens with zero attached hydrogens (tertiary/aromatic N) is 1. The molecular weight excluding hydrogens is 222 g/mol. The minimum atomic E-state index is -0.642. The maximum Gasteiger partial charge on any atom is 0.214 e. The molecule has 0 amide bonds. The van der Waals surface area contributed by atoms with Crippen LogP contribution in [0.4, 0.5) is 0 Å². The second-order valence-electron chi connectivity index (χ2n) is 3.97. The van der Waals surface area contributed by atoms with E-state index in [9.17, 15) is 10.1 Å². The van der Waals surface area contributed by atoms with Crippen molar-refractivity contribution in [3.05, 3.63) is 33.4 Å². The summed E-state index contributed by atoms with van der Waals surface area (Å²) in [7, 11) is 3.14. The predicted molar refractivity (Wildman–Crippen MR) is 64.4 cm³/mol. The average Bonchev–Trinajstić information content (AvgIpc) is 2.30. The smallest absolute Gasteiger partial charge is 0.214 e. The van der Waals surface area contributed by atoms with Crippen molar-refractivity contribution in [1.29, 1.82) is 0 Å². The number of benzene rings is 1. The standard InChI is InChI=1S/C12H17NO4/c1-8-5-12(17-4)10(7-11(8)16-3)6-9(2)13(14)15/h5,7,9H,6H2,1-4H3. The lowest BCUT2D eigenvalue weighted by molar-refractivity contribution is -0.517. The highest BCUT2D eigenvalue weighted by Gasteiger charge is 2.18. The first kappa shape index (κ1) is 13.3. The van der Waals surface area contributed by atoms with Crippen LogP contribution in [0.1, 0.15) is 18.1 Å². The van der Waals surface area contributed by atoms with Gasteiger partial charge < -0.3 is 9.47 Å². The third-order valence-electron chi connectivity index (χ3n) is 2.67. The minimum Gasteiger partial charge on any atom is -0.496 e. The van der Waals surface area contributed by atoms with Gasteiger partial charge in [0, 0.05) is 23.8 Å². The van der Waals surface area contributed by atoms with Crippen LogP contribution in [0.3, 0.4) is 0 Å².